The van der Waals surface area contributed by atoms with Gasteiger partial charge < -0.3 is 4.74 Å². The van der Waals surface area contributed by atoms with Crippen LogP contribution in [0.4, 0.5) is 0 Å². The SMILES string of the molecule is C=C1CCCCO/C1=C(C)/C(C)=N\C. The molecule has 1 aliphatic rings. The van der Waals surface area contributed by atoms with Crippen molar-refractivity contribution in [3.05, 3.63) is 23.5 Å². The Morgan fingerprint density at radius 2 is 2.07 bits per heavy atom. The van der Waals surface area contributed by atoms with E-state index in [0.717, 1.165) is 42.1 Å². The summed E-state index contributed by atoms with van der Waals surface area (Å²) in [7, 11) is 1.80. The Morgan fingerprint density at radius 3 is 2.71 bits per heavy atom. The lowest BCUT2D eigenvalue weighted by atomic mass is 10.0. The molecule has 0 aliphatic carbocycles. The molecule has 0 aromatic rings. The first-order chi connectivity index (χ1) is 6.66. The molecule has 78 valence electrons. The minimum atomic E-state index is 0.808. The van der Waals surface area contributed by atoms with Crippen LogP contribution in [0, 0.1) is 0 Å². The molecule has 0 saturated carbocycles. The van der Waals surface area contributed by atoms with E-state index in [9.17, 15) is 0 Å². The molecular weight excluding hydrogens is 174 g/mol. The molecule has 1 heterocycles. The maximum Gasteiger partial charge on any atom is 0.126 e. The minimum absolute atomic E-state index is 0.808. The Bertz CT molecular complexity index is 287. The van der Waals surface area contributed by atoms with Crippen molar-refractivity contribution in [2.75, 3.05) is 13.7 Å². The number of allylic oxidation sites excluding steroid dienone is 2. The number of nitrogens with zero attached hydrogens (tertiary/aromatic N) is 1. The molecule has 14 heavy (non-hydrogen) atoms. The van der Waals surface area contributed by atoms with Crippen molar-refractivity contribution in [1.29, 1.82) is 0 Å². The third kappa shape index (κ3) is 2.47. The Balaban J connectivity index is 2.96. The molecule has 0 radical (unpaired) electrons. The van der Waals surface area contributed by atoms with Crippen LogP contribution in [-0.2, 0) is 4.74 Å². The van der Waals surface area contributed by atoms with Gasteiger partial charge in [0.25, 0.3) is 0 Å². The normalized spacial score (nSPS) is 22.8. The number of ether oxygens (including phenoxy) is 1. The van der Waals surface area contributed by atoms with Crippen LogP contribution in [0.15, 0.2) is 28.5 Å². The van der Waals surface area contributed by atoms with E-state index < -0.39 is 0 Å². The maximum absolute atomic E-state index is 5.70. The minimum Gasteiger partial charge on any atom is -0.493 e. The van der Waals surface area contributed by atoms with E-state index in [1.807, 2.05) is 13.8 Å². The molecule has 1 saturated heterocycles. The second-order valence-electron chi connectivity index (χ2n) is 3.67. The molecule has 2 nitrogen and oxygen atoms in total. The largest absolute Gasteiger partial charge is 0.493 e. The highest BCUT2D eigenvalue weighted by Gasteiger charge is 2.13. The van der Waals surface area contributed by atoms with Gasteiger partial charge in [-0.3, -0.25) is 4.99 Å². The fraction of sp³-hybridized carbons (Fsp3) is 0.583. The van der Waals surface area contributed by atoms with Gasteiger partial charge in [-0.15, -0.1) is 0 Å². The van der Waals surface area contributed by atoms with Crippen LogP contribution in [0.1, 0.15) is 33.1 Å². The molecule has 1 rings (SSSR count). The molecule has 0 aromatic carbocycles. The van der Waals surface area contributed by atoms with Crippen LogP contribution in [-0.4, -0.2) is 19.4 Å². The Kier molecular flexibility index (Phi) is 3.93. The lowest BCUT2D eigenvalue weighted by Gasteiger charge is -2.12. The van der Waals surface area contributed by atoms with E-state index in [1.54, 1.807) is 7.05 Å². The quantitative estimate of drug-likeness (QED) is 0.586. The molecule has 1 fully saturated rings. The Morgan fingerprint density at radius 1 is 1.36 bits per heavy atom. The van der Waals surface area contributed by atoms with Crippen molar-refractivity contribution in [2.24, 2.45) is 4.99 Å². The standard InChI is InChI=1S/C12H19NO/c1-9-7-5-6-8-14-12(9)10(2)11(3)13-4/h1,5-8H2,2-4H3/b12-10+,13-11-. The number of hydrogen-bond acceptors (Lipinski definition) is 2. The topological polar surface area (TPSA) is 21.6 Å². The van der Waals surface area contributed by atoms with Crippen molar-refractivity contribution in [1.82, 2.24) is 0 Å². The molecule has 2 heteroatoms. The summed E-state index contributed by atoms with van der Waals surface area (Å²) in [5, 5.41) is 0. The summed E-state index contributed by atoms with van der Waals surface area (Å²) in [6.45, 7) is 8.92. The fourth-order valence-corrected chi connectivity index (χ4v) is 1.54. The number of hydrogen-bond donors (Lipinski definition) is 0. The highest BCUT2D eigenvalue weighted by molar-refractivity contribution is 5.98. The van der Waals surface area contributed by atoms with Gasteiger partial charge in [-0.2, -0.15) is 0 Å². The van der Waals surface area contributed by atoms with Crippen LogP contribution in [0.25, 0.3) is 0 Å². The second kappa shape index (κ2) is 4.99. The van der Waals surface area contributed by atoms with E-state index in [2.05, 4.69) is 11.6 Å². The van der Waals surface area contributed by atoms with Crippen molar-refractivity contribution in [3.63, 3.8) is 0 Å². The summed E-state index contributed by atoms with van der Waals surface area (Å²) in [6, 6.07) is 0. The molecule has 1 aliphatic heterocycles. The van der Waals surface area contributed by atoms with Crippen molar-refractivity contribution >= 4 is 5.71 Å². The summed E-state index contributed by atoms with van der Waals surface area (Å²) < 4.78 is 5.70. The van der Waals surface area contributed by atoms with Gasteiger partial charge in [0.1, 0.15) is 5.76 Å². The van der Waals surface area contributed by atoms with Gasteiger partial charge in [-0.25, -0.2) is 0 Å². The van der Waals surface area contributed by atoms with E-state index in [1.165, 1.54) is 6.42 Å². The van der Waals surface area contributed by atoms with Crippen LogP contribution >= 0.6 is 0 Å². The molecule has 0 N–H and O–H groups in total. The van der Waals surface area contributed by atoms with Gasteiger partial charge in [-0.1, -0.05) is 6.58 Å². The smallest absolute Gasteiger partial charge is 0.126 e. The average molecular weight is 193 g/mol. The predicted molar refractivity (Wildman–Crippen MR) is 60.7 cm³/mol. The van der Waals surface area contributed by atoms with E-state index in [-0.39, 0.29) is 0 Å². The predicted octanol–water partition coefficient (Wildman–Crippen LogP) is 3.11. The lowest BCUT2D eigenvalue weighted by molar-refractivity contribution is 0.223. The van der Waals surface area contributed by atoms with Crippen molar-refractivity contribution in [2.45, 2.75) is 33.1 Å². The average Bonchev–Trinajstić information content (AvgIpc) is 2.40. The van der Waals surface area contributed by atoms with Crippen LogP contribution in [0.5, 0.6) is 0 Å². The van der Waals surface area contributed by atoms with Gasteiger partial charge in [0.2, 0.25) is 0 Å². The summed E-state index contributed by atoms with van der Waals surface area (Å²) in [5.74, 6) is 0.964. The first kappa shape index (κ1) is 11.0. The maximum atomic E-state index is 5.70. The summed E-state index contributed by atoms with van der Waals surface area (Å²) in [6.07, 6.45) is 3.35. The third-order valence-corrected chi connectivity index (χ3v) is 2.66. The van der Waals surface area contributed by atoms with Gasteiger partial charge in [0, 0.05) is 18.3 Å². The van der Waals surface area contributed by atoms with Gasteiger partial charge in [-0.05, 0) is 38.7 Å². The number of rotatable bonds is 1. The van der Waals surface area contributed by atoms with Crippen LogP contribution in [0.3, 0.4) is 0 Å². The zero-order valence-corrected chi connectivity index (χ0v) is 9.39. The summed E-state index contributed by atoms with van der Waals surface area (Å²) in [5.41, 5.74) is 3.27. The molecular formula is C12H19NO. The molecule has 0 unspecified atom stereocenters. The van der Waals surface area contributed by atoms with Crippen LogP contribution < -0.4 is 0 Å². The Hall–Kier alpha value is -1.05. The molecule has 0 bridgehead atoms. The lowest BCUT2D eigenvalue weighted by Crippen LogP contribution is -2.03. The highest BCUT2D eigenvalue weighted by Crippen LogP contribution is 2.24. The van der Waals surface area contributed by atoms with Gasteiger partial charge in [0.15, 0.2) is 0 Å². The molecule has 0 spiro atoms. The first-order valence-electron chi connectivity index (χ1n) is 5.12. The van der Waals surface area contributed by atoms with Crippen LogP contribution in [0.2, 0.25) is 0 Å². The second-order valence-corrected chi connectivity index (χ2v) is 3.67. The Labute approximate surface area is 86.4 Å². The van der Waals surface area contributed by atoms with Gasteiger partial charge in [0.05, 0.1) is 6.61 Å². The molecule has 0 amide bonds. The third-order valence-electron chi connectivity index (χ3n) is 2.66. The first-order valence-corrected chi connectivity index (χ1v) is 5.12. The fourth-order valence-electron chi connectivity index (χ4n) is 1.54. The van der Waals surface area contributed by atoms with E-state index in [0.29, 0.717) is 0 Å². The van der Waals surface area contributed by atoms with Gasteiger partial charge >= 0.3 is 0 Å². The van der Waals surface area contributed by atoms with Crippen molar-refractivity contribution < 1.29 is 4.74 Å². The zero-order valence-electron chi connectivity index (χ0n) is 9.39. The number of aliphatic imine (C=N–C) groups is 1. The van der Waals surface area contributed by atoms with E-state index >= 15 is 0 Å². The molecule has 0 aromatic heterocycles. The highest BCUT2D eigenvalue weighted by atomic mass is 16.5. The monoisotopic (exact) mass is 193 g/mol. The molecule has 0 atom stereocenters. The van der Waals surface area contributed by atoms with Crippen molar-refractivity contribution in [3.8, 4) is 0 Å². The zero-order chi connectivity index (χ0) is 10.6. The summed E-state index contributed by atoms with van der Waals surface area (Å²) >= 11 is 0. The van der Waals surface area contributed by atoms with E-state index in [4.69, 9.17) is 4.74 Å². The summed E-state index contributed by atoms with van der Waals surface area (Å²) in [4.78, 5) is 4.17.